The SMILES string of the molecule is CCc1nccn1C1CCCN(C(=O)c2cc(Cl)c[nH]2)C1. The molecule has 1 saturated heterocycles. The van der Waals surface area contributed by atoms with Crippen LogP contribution in [-0.4, -0.2) is 38.4 Å². The Hall–Kier alpha value is -1.75. The third-order valence-corrected chi connectivity index (χ3v) is 4.24. The quantitative estimate of drug-likeness (QED) is 0.948. The normalized spacial score (nSPS) is 19.0. The third kappa shape index (κ3) is 2.83. The monoisotopic (exact) mass is 306 g/mol. The van der Waals surface area contributed by atoms with Crippen LogP contribution in [0.1, 0.15) is 42.1 Å². The highest BCUT2D eigenvalue weighted by Gasteiger charge is 2.26. The van der Waals surface area contributed by atoms with Crippen molar-refractivity contribution in [3.8, 4) is 0 Å². The fourth-order valence-corrected chi connectivity index (χ4v) is 3.14. The Bertz CT molecular complexity index is 633. The number of nitrogens with zero attached hydrogens (tertiary/aromatic N) is 3. The number of aryl methyl sites for hydroxylation is 1. The Labute approximate surface area is 128 Å². The average molecular weight is 307 g/mol. The first-order chi connectivity index (χ1) is 10.2. The van der Waals surface area contributed by atoms with Crippen molar-refractivity contribution in [1.82, 2.24) is 19.4 Å². The maximum absolute atomic E-state index is 12.5. The molecule has 112 valence electrons. The molecule has 6 heteroatoms. The topological polar surface area (TPSA) is 53.9 Å². The lowest BCUT2D eigenvalue weighted by Gasteiger charge is -2.33. The van der Waals surface area contributed by atoms with Gasteiger partial charge in [0.25, 0.3) is 5.91 Å². The lowest BCUT2D eigenvalue weighted by atomic mass is 10.0. The van der Waals surface area contributed by atoms with Crippen LogP contribution in [0.2, 0.25) is 5.02 Å². The van der Waals surface area contributed by atoms with Crippen LogP contribution in [0.5, 0.6) is 0 Å². The van der Waals surface area contributed by atoms with Crippen molar-refractivity contribution in [1.29, 1.82) is 0 Å². The summed E-state index contributed by atoms with van der Waals surface area (Å²) in [7, 11) is 0. The summed E-state index contributed by atoms with van der Waals surface area (Å²) in [4.78, 5) is 21.7. The van der Waals surface area contributed by atoms with Gasteiger partial charge in [-0.15, -0.1) is 0 Å². The minimum absolute atomic E-state index is 0.0183. The third-order valence-electron chi connectivity index (χ3n) is 4.02. The molecule has 2 aromatic rings. The summed E-state index contributed by atoms with van der Waals surface area (Å²) >= 11 is 5.88. The fourth-order valence-electron chi connectivity index (χ4n) is 2.98. The molecule has 1 fully saturated rings. The molecule has 3 rings (SSSR count). The van der Waals surface area contributed by atoms with Crippen LogP contribution in [0, 0.1) is 0 Å². The van der Waals surface area contributed by atoms with E-state index in [-0.39, 0.29) is 5.91 Å². The molecular formula is C15H19ClN4O. The lowest BCUT2D eigenvalue weighted by Crippen LogP contribution is -2.41. The van der Waals surface area contributed by atoms with Crippen LogP contribution in [-0.2, 0) is 6.42 Å². The van der Waals surface area contributed by atoms with Gasteiger partial charge in [-0.1, -0.05) is 18.5 Å². The zero-order valence-corrected chi connectivity index (χ0v) is 12.8. The molecule has 1 N–H and O–H groups in total. The molecule has 1 unspecified atom stereocenters. The second-order valence-electron chi connectivity index (χ2n) is 5.38. The van der Waals surface area contributed by atoms with Crippen LogP contribution >= 0.6 is 11.6 Å². The minimum Gasteiger partial charge on any atom is -0.356 e. The summed E-state index contributed by atoms with van der Waals surface area (Å²) in [6.45, 7) is 3.62. The number of carbonyl (C=O) groups excluding carboxylic acids is 1. The van der Waals surface area contributed by atoms with Gasteiger partial charge in [-0.3, -0.25) is 4.79 Å². The smallest absolute Gasteiger partial charge is 0.270 e. The summed E-state index contributed by atoms with van der Waals surface area (Å²) in [6, 6.07) is 1.99. The number of halogens is 1. The number of piperidine rings is 1. The summed E-state index contributed by atoms with van der Waals surface area (Å²) in [5, 5.41) is 0.565. The second-order valence-corrected chi connectivity index (χ2v) is 5.82. The van der Waals surface area contributed by atoms with Crippen LogP contribution in [0.25, 0.3) is 0 Å². The van der Waals surface area contributed by atoms with Crippen LogP contribution < -0.4 is 0 Å². The highest BCUT2D eigenvalue weighted by atomic mass is 35.5. The van der Waals surface area contributed by atoms with Gasteiger partial charge in [0.2, 0.25) is 0 Å². The van der Waals surface area contributed by atoms with Gasteiger partial charge in [0.15, 0.2) is 0 Å². The first kappa shape index (κ1) is 14.2. The number of hydrogen-bond acceptors (Lipinski definition) is 2. The van der Waals surface area contributed by atoms with E-state index in [9.17, 15) is 4.79 Å². The van der Waals surface area contributed by atoms with Crippen LogP contribution in [0.15, 0.2) is 24.7 Å². The van der Waals surface area contributed by atoms with Gasteiger partial charge in [-0.05, 0) is 18.9 Å². The molecule has 0 spiro atoms. The standard InChI is InChI=1S/C15H19ClN4O/c1-2-14-17-5-7-20(14)12-4-3-6-19(10-12)15(21)13-8-11(16)9-18-13/h5,7-9,12,18H,2-4,6,10H2,1H3. The van der Waals surface area contributed by atoms with E-state index in [0.29, 0.717) is 16.8 Å². The highest BCUT2D eigenvalue weighted by molar-refractivity contribution is 6.30. The summed E-state index contributed by atoms with van der Waals surface area (Å²) in [6.07, 6.45) is 8.49. The molecule has 0 saturated carbocycles. The molecule has 21 heavy (non-hydrogen) atoms. The maximum atomic E-state index is 12.5. The zero-order valence-electron chi connectivity index (χ0n) is 12.1. The Kier molecular flexibility index (Phi) is 4.01. The van der Waals surface area contributed by atoms with E-state index in [4.69, 9.17) is 11.6 Å². The number of imidazole rings is 1. The van der Waals surface area contributed by atoms with Crippen molar-refractivity contribution in [3.63, 3.8) is 0 Å². The van der Waals surface area contributed by atoms with Crippen LogP contribution in [0.3, 0.4) is 0 Å². The van der Waals surface area contributed by atoms with Crippen molar-refractivity contribution < 1.29 is 4.79 Å². The first-order valence-electron chi connectivity index (χ1n) is 7.34. The van der Waals surface area contributed by atoms with E-state index < -0.39 is 0 Å². The first-order valence-corrected chi connectivity index (χ1v) is 7.71. The largest absolute Gasteiger partial charge is 0.356 e. The summed E-state index contributed by atoms with van der Waals surface area (Å²) in [5.74, 6) is 1.10. The predicted molar refractivity (Wildman–Crippen MR) is 81.6 cm³/mol. The molecule has 5 nitrogen and oxygen atoms in total. The van der Waals surface area contributed by atoms with Crippen molar-refractivity contribution in [2.24, 2.45) is 0 Å². The number of aromatic nitrogens is 3. The van der Waals surface area contributed by atoms with Crippen molar-refractivity contribution >= 4 is 17.5 Å². The molecule has 2 aromatic heterocycles. The van der Waals surface area contributed by atoms with Gasteiger partial charge in [0.05, 0.1) is 11.1 Å². The second kappa shape index (κ2) is 5.93. The maximum Gasteiger partial charge on any atom is 0.270 e. The number of likely N-dealkylation sites (tertiary alicyclic amines) is 1. The molecular weight excluding hydrogens is 288 g/mol. The highest BCUT2D eigenvalue weighted by Crippen LogP contribution is 2.24. The van der Waals surface area contributed by atoms with E-state index in [1.165, 1.54) is 0 Å². The number of hydrogen-bond donors (Lipinski definition) is 1. The zero-order chi connectivity index (χ0) is 14.8. The number of carbonyl (C=O) groups is 1. The Morgan fingerprint density at radius 2 is 2.43 bits per heavy atom. The number of amides is 1. The van der Waals surface area contributed by atoms with Crippen molar-refractivity contribution in [2.45, 2.75) is 32.2 Å². The van der Waals surface area contributed by atoms with Crippen LogP contribution in [0.4, 0.5) is 0 Å². The molecule has 0 bridgehead atoms. The number of H-pyrrole nitrogens is 1. The van der Waals surface area contributed by atoms with Gasteiger partial charge in [-0.25, -0.2) is 4.98 Å². The van der Waals surface area contributed by atoms with E-state index in [2.05, 4.69) is 21.5 Å². The summed E-state index contributed by atoms with van der Waals surface area (Å²) < 4.78 is 2.21. The van der Waals surface area contributed by atoms with Gasteiger partial charge in [0.1, 0.15) is 11.5 Å². The molecule has 3 heterocycles. The fraction of sp³-hybridized carbons (Fsp3) is 0.467. The molecule has 1 amide bonds. The molecule has 0 aromatic carbocycles. The molecule has 1 aliphatic heterocycles. The van der Waals surface area contributed by atoms with Gasteiger partial charge in [-0.2, -0.15) is 0 Å². The Morgan fingerprint density at radius 1 is 1.57 bits per heavy atom. The average Bonchev–Trinajstić information content (AvgIpc) is 3.15. The molecule has 1 atom stereocenters. The van der Waals surface area contributed by atoms with Crippen molar-refractivity contribution in [2.75, 3.05) is 13.1 Å². The van der Waals surface area contributed by atoms with Gasteiger partial charge in [0, 0.05) is 38.1 Å². The lowest BCUT2D eigenvalue weighted by molar-refractivity contribution is 0.0672. The minimum atomic E-state index is 0.0183. The number of nitrogens with one attached hydrogen (secondary N) is 1. The predicted octanol–water partition coefficient (Wildman–Crippen LogP) is 2.90. The molecule has 0 aliphatic carbocycles. The Morgan fingerprint density at radius 3 is 3.14 bits per heavy atom. The van der Waals surface area contributed by atoms with Gasteiger partial charge < -0.3 is 14.5 Å². The molecule has 0 radical (unpaired) electrons. The molecule has 1 aliphatic rings. The number of aromatic amines is 1. The number of rotatable bonds is 3. The van der Waals surface area contributed by atoms with E-state index in [1.807, 2.05) is 17.3 Å². The Balaban J connectivity index is 1.75. The summed E-state index contributed by atoms with van der Waals surface area (Å²) in [5.41, 5.74) is 0.557. The van der Waals surface area contributed by atoms with Crippen molar-refractivity contribution in [3.05, 3.63) is 41.2 Å². The van der Waals surface area contributed by atoms with Gasteiger partial charge >= 0.3 is 0 Å². The van der Waals surface area contributed by atoms with E-state index in [1.54, 1.807) is 12.3 Å². The van der Waals surface area contributed by atoms with E-state index in [0.717, 1.165) is 38.2 Å². The van der Waals surface area contributed by atoms with E-state index >= 15 is 0 Å².